The summed E-state index contributed by atoms with van der Waals surface area (Å²) in [6, 6.07) is 14.0. The van der Waals surface area contributed by atoms with Crippen LogP contribution in [0.1, 0.15) is 16.7 Å². The topological polar surface area (TPSA) is 18.5 Å². The van der Waals surface area contributed by atoms with Gasteiger partial charge in [-0.05, 0) is 37.1 Å². The Balaban J connectivity index is 2.14. The highest BCUT2D eigenvalue weighted by Crippen LogP contribution is 2.24. The van der Waals surface area contributed by atoms with Gasteiger partial charge in [0, 0.05) is 5.56 Å². The molecule has 2 heteroatoms. The van der Waals surface area contributed by atoms with Gasteiger partial charge < -0.3 is 9.47 Å². The number of benzene rings is 2. The monoisotopic (exact) mass is 242 g/mol. The highest BCUT2D eigenvalue weighted by molar-refractivity contribution is 5.39. The zero-order valence-electron chi connectivity index (χ0n) is 11.1. The molecule has 0 spiro atoms. The van der Waals surface area contributed by atoms with Gasteiger partial charge in [-0.2, -0.15) is 0 Å². The van der Waals surface area contributed by atoms with Crippen LogP contribution >= 0.6 is 0 Å². The molecule has 0 amide bonds. The van der Waals surface area contributed by atoms with Crippen LogP contribution in [-0.4, -0.2) is 7.11 Å². The van der Waals surface area contributed by atoms with Gasteiger partial charge in [0.15, 0.2) is 0 Å². The third-order valence-corrected chi connectivity index (χ3v) is 3.13. The van der Waals surface area contributed by atoms with Gasteiger partial charge in [-0.25, -0.2) is 0 Å². The molecule has 94 valence electrons. The van der Waals surface area contributed by atoms with Gasteiger partial charge in [0.25, 0.3) is 0 Å². The van der Waals surface area contributed by atoms with Crippen LogP contribution in [0, 0.1) is 13.8 Å². The van der Waals surface area contributed by atoms with Crippen LogP contribution in [0.25, 0.3) is 0 Å². The number of ether oxygens (including phenoxy) is 2. The van der Waals surface area contributed by atoms with E-state index in [4.69, 9.17) is 9.47 Å². The van der Waals surface area contributed by atoms with E-state index in [1.807, 2.05) is 36.4 Å². The zero-order chi connectivity index (χ0) is 13.0. The third kappa shape index (κ3) is 2.65. The molecule has 0 saturated carbocycles. The number of para-hydroxylation sites is 1. The molecule has 0 unspecified atom stereocenters. The van der Waals surface area contributed by atoms with Gasteiger partial charge in [0.1, 0.15) is 18.1 Å². The normalized spacial score (nSPS) is 10.2. The molecule has 18 heavy (non-hydrogen) atoms. The van der Waals surface area contributed by atoms with Crippen molar-refractivity contribution in [3.63, 3.8) is 0 Å². The third-order valence-electron chi connectivity index (χ3n) is 3.13. The lowest BCUT2D eigenvalue weighted by Gasteiger charge is -2.12. The molecular weight excluding hydrogens is 224 g/mol. The van der Waals surface area contributed by atoms with Crippen molar-refractivity contribution in [3.8, 4) is 11.5 Å². The Morgan fingerprint density at radius 2 is 1.61 bits per heavy atom. The maximum atomic E-state index is 5.87. The summed E-state index contributed by atoms with van der Waals surface area (Å²) in [6.45, 7) is 4.69. The van der Waals surface area contributed by atoms with Crippen molar-refractivity contribution in [1.82, 2.24) is 0 Å². The van der Waals surface area contributed by atoms with Crippen molar-refractivity contribution in [3.05, 3.63) is 59.2 Å². The summed E-state index contributed by atoms with van der Waals surface area (Å²) in [7, 11) is 1.68. The van der Waals surface area contributed by atoms with Crippen molar-refractivity contribution < 1.29 is 9.47 Å². The molecule has 2 nitrogen and oxygen atoms in total. The van der Waals surface area contributed by atoms with Crippen LogP contribution in [0.4, 0.5) is 0 Å². The van der Waals surface area contributed by atoms with E-state index in [2.05, 4.69) is 19.9 Å². The molecular formula is C16H18O2. The van der Waals surface area contributed by atoms with Crippen molar-refractivity contribution in [2.75, 3.05) is 7.11 Å². The van der Waals surface area contributed by atoms with E-state index < -0.39 is 0 Å². The fourth-order valence-electron chi connectivity index (χ4n) is 1.86. The molecule has 0 aliphatic rings. The molecule has 2 aromatic carbocycles. The Hall–Kier alpha value is -1.96. The lowest BCUT2D eigenvalue weighted by atomic mass is 10.1. The standard InChI is InChI=1S/C16H18O2/c1-12-7-6-10-15(13(12)2)18-11-14-8-4-5-9-16(14)17-3/h4-10H,11H2,1-3H3. The van der Waals surface area contributed by atoms with Crippen LogP contribution in [-0.2, 0) is 6.61 Å². The van der Waals surface area contributed by atoms with E-state index in [-0.39, 0.29) is 0 Å². The van der Waals surface area contributed by atoms with E-state index in [1.54, 1.807) is 7.11 Å². The van der Waals surface area contributed by atoms with Crippen molar-refractivity contribution in [2.24, 2.45) is 0 Å². The Morgan fingerprint density at radius 1 is 0.889 bits per heavy atom. The molecule has 0 fully saturated rings. The highest BCUT2D eigenvalue weighted by Gasteiger charge is 2.05. The van der Waals surface area contributed by atoms with E-state index in [0.717, 1.165) is 17.1 Å². The first-order chi connectivity index (χ1) is 8.72. The number of hydrogen-bond donors (Lipinski definition) is 0. The van der Waals surface area contributed by atoms with Gasteiger partial charge >= 0.3 is 0 Å². The molecule has 2 aromatic rings. The lowest BCUT2D eigenvalue weighted by molar-refractivity contribution is 0.294. The molecule has 0 saturated heterocycles. The smallest absolute Gasteiger partial charge is 0.125 e. The van der Waals surface area contributed by atoms with Gasteiger partial charge in [-0.1, -0.05) is 30.3 Å². The van der Waals surface area contributed by atoms with Gasteiger partial charge in [-0.15, -0.1) is 0 Å². The van der Waals surface area contributed by atoms with Crippen LogP contribution < -0.4 is 9.47 Å². The van der Waals surface area contributed by atoms with E-state index in [1.165, 1.54) is 11.1 Å². The average molecular weight is 242 g/mol. The highest BCUT2D eigenvalue weighted by atomic mass is 16.5. The van der Waals surface area contributed by atoms with E-state index >= 15 is 0 Å². The second kappa shape index (κ2) is 5.58. The molecule has 0 atom stereocenters. The maximum absolute atomic E-state index is 5.87. The van der Waals surface area contributed by atoms with Gasteiger partial charge in [0.2, 0.25) is 0 Å². The minimum absolute atomic E-state index is 0.522. The summed E-state index contributed by atoms with van der Waals surface area (Å²) < 4.78 is 11.2. The fourth-order valence-corrected chi connectivity index (χ4v) is 1.86. The van der Waals surface area contributed by atoms with Crippen LogP contribution in [0.5, 0.6) is 11.5 Å². The number of rotatable bonds is 4. The van der Waals surface area contributed by atoms with Crippen LogP contribution in [0.3, 0.4) is 0 Å². The predicted molar refractivity (Wildman–Crippen MR) is 73.2 cm³/mol. The molecule has 0 aliphatic carbocycles. The first-order valence-electron chi connectivity index (χ1n) is 6.03. The predicted octanol–water partition coefficient (Wildman–Crippen LogP) is 3.89. The summed E-state index contributed by atoms with van der Waals surface area (Å²) in [5.41, 5.74) is 3.49. The molecule has 0 bridgehead atoms. The fraction of sp³-hybridized carbons (Fsp3) is 0.250. The minimum Gasteiger partial charge on any atom is -0.496 e. The summed E-state index contributed by atoms with van der Waals surface area (Å²) in [6.07, 6.45) is 0. The lowest BCUT2D eigenvalue weighted by Crippen LogP contribution is -2.00. The van der Waals surface area contributed by atoms with Gasteiger partial charge in [0.05, 0.1) is 7.11 Å². The van der Waals surface area contributed by atoms with Gasteiger partial charge in [-0.3, -0.25) is 0 Å². The SMILES string of the molecule is COc1ccccc1COc1cccc(C)c1C. The van der Waals surface area contributed by atoms with E-state index in [9.17, 15) is 0 Å². The van der Waals surface area contributed by atoms with Crippen molar-refractivity contribution in [2.45, 2.75) is 20.5 Å². The minimum atomic E-state index is 0.522. The second-order valence-electron chi connectivity index (χ2n) is 4.30. The Morgan fingerprint density at radius 3 is 2.39 bits per heavy atom. The van der Waals surface area contributed by atoms with Crippen LogP contribution in [0.15, 0.2) is 42.5 Å². The number of hydrogen-bond acceptors (Lipinski definition) is 2. The first-order valence-corrected chi connectivity index (χ1v) is 6.03. The first kappa shape index (κ1) is 12.5. The molecule has 2 rings (SSSR count). The Kier molecular flexibility index (Phi) is 3.88. The maximum Gasteiger partial charge on any atom is 0.125 e. The summed E-state index contributed by atoms with van der Waals surface area (Å²) in [5, 5.41) is 0. The molecule has 0 aliphatic heterocycles. The van der Waals surface area contributed by atoms with Crippen molar-refractivity contribution >= 4 is 0 Å². The quantitative estimate of drug-likeness (QED) is 0.809. The van der Waals surface area contributed by atoms with Crippen molar-refractivity contribution in [1.29, 1.82) is 0 Å². The Labute approximate surface area is 108 Å². The Bertz CT molecular complexity index is 532. The summed E-state index contributed by atoms with van der Waals surface area (Å²) in [4.78, 5) is 0. The second-order valence-corrected chi connectivity index (χ2v) is 4.30. The molecule has 0 radical (unpaired) electrons. The van der Waals surface area contributed by atoms with E-state index in [0.29, 0.717) is 6.61 Å². The van der Waals surface area contributed by atoms with Crippen LogP contribution in [0.2, 0.25) is 0 Å². The largest absolute Gasteiger partial charge is 0.496 e. The summed E-state index contributed by atoms with van der Waals surface area (Å²) >= 11 is 0. The molecule has 0 N–H and O–H groups in total. The summed E-state index contributed by atoms with van der Waals surface area (Å²) in [5.74, 6) is 1.80. The number of methoxy groups -OCH3 is 1. The average Bonchev–Trinajstić information content (AvgIpc) is 2.41. The molecule has 0 aromatic heterocycles. The molecule has 0 heterocycles. The number of aryl methyl sites for hydroxylation is 1. The zero-order valence-corrected chi connectivity index (χ0v) is 11.1.